The molecule has 0 aliphatic carbocycles. The lowest BCUT2D eigenvalue weighted by Gasteiger charge is -2.20. The van der Waals surface area contributed by atoms with Crippen molar-refractivity contribution >= 4 is 11.9 Å². The molecule has 0 aliphatic heterocycles. The summed E-state index contributed by atoms with van der Waals surface area (Å²) in [6.45, 7) is 5.18. The van der Waals surface area contributed by atoms with E-state index in [9.17, 15) is 9.59 Å². The van der Waals surface area contributed by atoms with Crippen molar-refractivity contribution in [3.63, 3.8) is 0 Å². The van der Waals surface area contributed by atoms with Crippen molar-refractivity contribution in [1.82, 2.24) is 5.32 Å². The molecule has 0 heterocycles. The van der Waals surface area contributed by atoms with Crippen LogP contribution in [0.4, 0.5) is 0 Å². The lowest BCUT2D eigenvalue weighted by atomic mass is 10.1. The maximum Gasteiger partial charge on any atom is 0.321 e. The molecule has 1 rings (SSSR count). The van der Waals surface area contributed by atoms with Crippen molar-refractivity contribution < 1.29 is 19.4 Å². The highest BCUT2D eigenvalue weighted by molar-refractivity contribution is 5.76. The molecule has 0 fully saturated rings. The molecule has 20 heavy (non-hydrogen) atoms. The normalized spacial score (nSPS) is 12.8. The minimum absolute atomic E-state index is 0.124. The zero-order valence-corrected chi connectivity index (χ0v) is 12.1. The number of carboxylic acid groups (broad SMARTS) is 1. The molecular weight excluding hydrogens is 258 g/mol. The van der Waals surface area contributed by atoms with Gasteiger partial charge >= 0.3 is 11.9 Å². The molecule has 0 saturated carbocycles. The van der Waals surface area contributed by atoms with Crippen LogP contribution in [0.5, 0.6) is 0 Å². The molecule has 0 spiro atoms. The van der Waals surface area contributed by atoms with E-state index in [2.05, 4.69) is 5.32 Å². The Bertz CT molecular complexity index is 451. The minimum Gasteiger partial charge on any atom is -0.480 e. The smallest absolute Gasteiger partial charge is 0.321 e. The summed E-state index contributed by atoms with van der Waals surface area (Å²) < 4.78 is 5.12. The predicted octanol–water partition coefficient (Wildman–Crippen LogP) is 1.61. The van der Waals surface area contributed by atoms with Crippen molar-refractivity contribution in [1.29, 1.82) is 0 Å². The molecule has 0 radical (unpaired) electrons. The summed E-state index contributed by atoms with van der Waals surface area (Å²) in [7, 11) is 0. The number of nitrogens with one attached hydrogen (secondary N) is 1. The fourth-order valence-corrected chi connectivity index (χ4v) is 1.68. The van der Waals surface area contributed by atoms with Crippen LogP contribution in [0.25, 0.3) is 0 Å². The summed E-state index contributed by atoms with van der Waals surface area (Å²) in [4.78, 5) is 22.7. The van der Waals surface area contributed by atoms with E-state index in [1.54, 1.807) is 20.8 Å². The van der Waals surface area contributed by atoms with E-state index in [0.29, 0.717) is 6.42 Å². The van der Waals surface area contributed by atoms with Crippen LogP contribution in [-0.4, -0.2) is 35.2 Å². The largest absolute Gasteiger partial charge is 0.480 e. The zero-order chi connectivity index (χ0) is 15.2. The van der Waals surface area contributed by atoms with Gasteiger partial charge in [0.2, 0.25) is 0 Å². The molecule has 0 bridgehead atoms. The Hall–Kier alpha value is -1.88. The molecule has 110 valence electrons. The highest BCUT2D eigenvalue weighted by atomic mass is 16.6. The highest BCUT2D eigenvalue weighted by Crippen LogP contribution is 2.07. The monoisotopic (exact) mass is 279 g/mol. The number of hydrogen-bond donors (Lipinski definition) is 2. The van der Waals surface area contributed by atoms with E-state index >= 15 is 0 Å². The molecule has 0 aromatic heterocycles. The quantitative estimate of drug-likeness (QED) is 0.774. The van der Waals surface area contributed by atoms with E-state index in [1.165, 1.54) is 0 Å². The maximum atomic E-state index is 11.6. The third-order valence-electron chi connectivity index (χ3n) is 2.49. The van der Waals surface area contributed by atoms with Gasteiger partial charge in [-0.1, -0.05) is 30.3 Å². The summed E-state index contributed by atoms with van der Waals surface area (Å²) in [6.07, 6.45) is 0.318. The molecule has 0 unspecified atom stereocenters. The van der Waals surface area contributed by atoms with Gasteiger partial charge in [0.15, 0.2) is 0 Å². The number of aliphatic carboxylic acids is 1. The molecule has 0 saturated heterocycles. The van der Waals surface area contributed by atoms with Gasteiger partial charge in [0.1, 0.15) is 11.6 Å². The van der Waals surface area contributed by atoms with Crippen LogP contribution in [0.15, 0.2) is 30.3 Å². The van der Waals surface area contributed by atoms with Crippen LogP contribution in [0.3, 0.4) is 0 Å². The Morgan fingerprint density at radius 2 is 1.85 bits per heavy atom. The molecule has 0 aliphatic rings. The van der Waals surface area contributed by atoms with E-state index in [1.807, 2.05) is 30.3 Å². The molecule has 1 aromatic carbocycles. The van der Waals surface area contributed by atoms with E-state index in [0.717, 1.165) is 5.56 Å². The van der Waals surface area contributed by atoms with Crippen molar-refractivity contribution in [3.8, 4) is 0 Å². The van der Waals surface area contributed by atoms with Crippen LogP contribution in [0, 0.1) is 0 Å². The highest BCUT2D eigenvalue weighted by Gasteiger charge is 2.21. The van der Waals surface area contributed by atoms with Crippen LogP contribution < -0.4 is 5.32 Å². The predicted molar refractivity (Wildman–Crippen MR) is 75.4 cm³/mol. The number of hydrogen-bond acceptors (Lipinski definition) is 4. The SMILES string of the molecule is CC(C)(C)OC(=O)CN[C@H](Cc1ccccc1)C(=O)O. The second-order valence-electron chi connectivity index (χ2n) is 5.55. The van der Waals surface area contributed by atoms with Crippen molar-refractivity contribution in [3.05, 3.63) is 35.9 Å². The first-order valence-electron chi connectivity index (χ1n) is 6.50. The Morgan fingerprint density at radius 1 is 1.25 bits per heavy atom. The molecular formula is C15H21NO4. The van der Waals surface area contributed by atoms with Gasteiger partial charge in [0.05, 0.1) is 6.54 Å². The van der Waals surface area contributed by atoms with Crippen LogP contribution in [-0.2, 0) is 20.7 Å². The van der Waals surface area contributed by atoms with Gasteiger partial charge in [0.25, 0.3) is 0 Å². The molecule has 5 heteroatoms. The van der Waals surface area contributed by atoms with Gasteiger partial charge in [-0.3, -0.25) is 14.9 Å². The average molecular weight is 279 g/mol. The third kappa shape index (κ3) is 6.33. The summed E-state index contributed by atoms with van der Waals surface area (Å²) in [5.41, 5.74) is 0.327. The van der Waals surface area contributed by atoms with E-state index in [-0.39, 0.29) is 6.54 Å². The maximum absolute atomic E-state index is 11.6. The number of carbonyl (C=O) groups excluding carboxylic acids is 1. The van der Waals surface area contributed by atoms with Crippen molar-refractivity contribution in [2.45, 2.75) is 38.8 Å². The molecule has 2 N–H and O–H groups in total. The lowest BCUT2D eigenvalue weighted by molar-refractivity contribution is -0.154. The fraction of sp³-hybridized carbons (Fsp3) is 0.467. The topological polar surface area (TPSA) is 75.6 Å². The van der Waals surface area contributed by atoms with Crippen molar-refractivity contribution in [2.24, 2.45) is 0 Å². The fourth-order valence-electron chi connectivity index (χ4n) is 1.68. The van der Waals surface area contributed by atoms with Gasteiger partial charge in [-0.2, -0.15) is 0 Å². The summed E-state index contributed by atoms with van der Waals surface area (Å²) in [5.74, 6) is -1.45. The lowest BCUT2D eigenvalue weighted by Crippen LogP contribution is -2.42. The number of rotatable bonds is 6. The van der Waals surface area contributed by atoms with Gasteiger partial charge in [-0.25, -0.2) is 0 Å². The van der Waals surface area contributed by atoms with Crippen LogP contribution in [0.2, 0.25) is 0 Å². The molecule has 1 aromatic rings. The van der Waals surface area contributed by atoms with Crippen LogP contribution in [0.1, 0.15) is 26.3 Å². The second kappa shape index (κ2) is 7.05. The van der Waals surface area contributed by atoms with E-state index in [4.69, 9.17) is 9.84 Å². The first-order valence-corrected chi connectivity index (χ1v) is 6.50. The average Bonchev–Trinajstić information content (AvgIpc) is 2.33. The zero-order valence-electron chi connectivity index (χ0n) is 12.1. The van der Waals surface area contributed by atoms with E-state index < -0.39 is 23.6 Å². The summed E-state index contributed by atoms with van der Waals surface area (Å²) in [5, 5.41) is 11.9. The third-order valence-corrected chi connectivity index (χ3v) is 2.49. The van der Waals surface area contributed by atoms with Gasteiger partial charge in [-0.05, 0) is 32.8 Å². The first kappa shape index (κ1) is 16.2. The van der Waals surface area contributed by atoms with Gasteiger partial charge in [0, 0.05) is 0 Å². The Morgan fingerprint density at radius 3 is 2.35 bits per heavy atom. The Balaban J connectivity index is 2.52. The van der Waals surface area contributed by atoms with Crippen LogP contribution >= 0.6 is 0 Å². The van der Waals surface area contributed by atoms with Crippen molar-refractivity contribution in [2.75, 3.05) is 6.54 Å². The van der Waals surface area contributed by atoms with Gasteiger partial charge < -0.3 is 9.84 Å². The first-order chi connectivity index (χ1) is 9.28. The number of benzene rings is 1. The summed E-state index contributed by atoms with van der Waals surface area (Å²) >= 11 is 0. The summed E-state index contributed by atoms with van der Waals surface area (Å²) in [6, 6.07) is 8.46. The minimum atomic E-state index is -0.989. The van der Waals surface area contributed by atoms with Gasteiger partial charge in [-0.15, -0.1) is 0 Å². The standard InChI is InChI=1S/C15H21NO4/c1-15(2,3)20-13(17)10-16-12(14(18)19)9-11-7-5-4-6-8-11/h4-8,12,16H,9-10H2,1-3H3,(H,18,19)/t12-/m1/s1. The number of carbonyl (C=O) groups is 2. The molecule has 5 nitrogen and oxygen atoms in total. The Kier molecular flexibility index (Phi) is 5.70. The molecule has 0 amide bonds. The molecule has 1 atom stereocenters. The second-order valence-corrected chi connectivity index (χ2v) is 5.55. The Labute approximate surface area is 118 Å². The number of ether oxygens (including phenoxy) is 1. The number of carboxylic acids is 1. The number of esters is 1.